The highest BCUT2D eigenvalue weighted by Gasteiger charge is 2.30. The molecule has 27 heavy (non-hydrogen) atoms. The molecule has 0 aliphatic heterocycles. The molecule has 8 heteroatoms. The molecule has 0 radical (unpaired) electrons. The number of nitrogens with zero attached hydrogens (tertiary/aromatic N) is 3. The molecule has 3 aromatic rings. The third kappa shape index (κ3) is 4.85. The van der Waals surface area contributed by atoms with E-state index in [0.29, 0.717) is 5.82 Å². The van der Waals surface area contributed by atoms with E-state index in [1.165, 1.54) is 12.1 Å². The Hall–Kier alpha value is -2.87. The Morgan fingerprint density at radius 1 is 1.07 bits per heavy atom. The van der Waals surface area contributed by atoms with Crippen LogP contribution in [0.3, 0.4) is 0 Å². The van der Waals surface area contributed by atoms with Gasteiger partial charge in [-0.15, -0.1) is 0 Å². The lowest BCUT2D eigenvalue weighted by Crippen LogP contribution is -2.33. The molecule has 142 valence electrons. The van der Waals surface area contributed by atoms with Crippen LogP contribution in [0.25, 0.3) is 11.0 Å². The van der Waals surface area contributed by atoms with Crippen molar-refractivity contribution >= 4 is 16.9 Å². The lowest BCUT2D eigenvalue weighted by Gasteiger charge is -2.22. The minimum absolute atomic E-state index is 0.0588. The third-order valence-corrected chi connectivity index (χ3v) is 3.94. The van der Waals surface area contributed by atoms with E-state index >= 15 is 0 Å². The first kappa shape index (κ1) is 18.9. The Labute approximate surface area is 154 Å². The van der Waals surface area contributed by atoms with Crippen molar-refractivity contribution < 1.29 is 23.0 Å². The van der Waals surface area contributed by atoms with Gasteiger partial charge in [0.05, 0.1) is 22.8 Å². The maximum absolute atomic E-state index is 12.5. The number of rotatable bonds is 6. The van der Waals surface area contributed by atoms with Crippen molar-refractivity contribution in [3.05, 3.63) is 60.3 Å². The lowest BCUT2D eigenvalue weighted by molar-refractivity contribution is -0.137. The molecular weight excluding hydrogens is 359 g/mol. The smallest absolute Gasteiger partial charge is 0.416 e. The molecule has 1 aromatic heterocycles. The normalized spacial score (nSPS) is 12.8. The molecule has 1 atom stereocenters. The molecule has 1 heterocycles. The molecule has 0 aliphatic carbocycles. The molecule has 0 saturated heterocycles. The first-order valence-corrected chi connectivity index (χ1v) is 8.24. The number of halogens is 3. The highest BCUT2D eigenvalue weighted by Crippen LogP contribution is 2.30. The van der Waals surface area contributed by atoms with E-state index in [9.17, 15) is 18.3 Å². The Kier molecular flexibility index (Phi) is 5.46. The number of ether oxygens (including phenoxy) is 1. The SMILES string of the molecule is CN(C[C@H](O)COc1ccc(C(F)(F)F)cc1)c1cnc2ccccc2n1. The molecule has 1 N–H and O–H groups in total. The standard InChI is InChI=1S/C19H18F3N3O2/c1-25(18-10-23-16-4-2-3-5-17(16)24-18)11-14(26)12-27-15-8-6-13(7-9-15)19(20,21)22/h2-10,14,26H,11-12H2,1H3/t14-/m0/s1. The van der Waals surface area contributed by atoms with Crippen LogP contribution in [0.2, 0.25) is 0 Å². The second-order valence-electron chi connectivity index (χ2n) is 6.08. The maximum Gasteiger partial charge on any atom is 0.416 e. The molecule has 0 spiro atoms. The number of fused-ring (bicyclic) bond motifs is 1. The Morgan fingerprint density at radius 3 is 2.41 bits per heavy atom. The summed E-state index contributed by atoms with van der Waals surface area (Å²) in [5, 5.41) is 10.1. The van der Waals surface area contributed by atoms with Crippen molar-refractivity contribution in [3.63, 3.8) is 0 Å². The predicted octanol–water partition coefficient (Wildman–Crippen LogP) is 3.52. The van der Waals surface area contributed by atoms with Crippen molar-refractivity contribution in [2.75, 3.05) is 25.1 Å². The van der Waals surface area contributed by atoms with Gasteiger partial charge in [-0.3, -0.25) is 4.98 Å². The molecule has 0 aliphatic rings. The molecule has 0 unspecified atom stereocenters. The minimum atomic E-state index is -4.39. The minimum Gasteiger partial charge on any atom is -0.491 e. The summed E-state index contributed by atoms with van der Waals surface area (Å²) >= 11 is 0. The van der Waals surface area contributed by atoms with E-state index in [4.69, 9.17) is 4.74 Å². The van der Waals surface area contributed by atoms with Gasteiger partial charge in [-0.25, -0.2) is 4.98 Å². The lowest BCUT2D eigenvalue weighted by atomic mass is 10.2. The van der Waals surface area contributed by atoms with Crippen molar-refractivity contribution in [2.45, 2.75) is 12.3 Å². The Morgan fingerprint density at radius 2 is 1.74 bits per heavy atom. The quantitative estimate of drug-likeness (QED) is 0.712. The number of aromatic nitrogens is 2. The van der Waals surface area contributed by atoms with Crippen molar-refractivity contribution in [1.29, 1.82) is 0 Å². The maximum atomic E-state index is 12.5. The Bertz CT molecular complexity index is 901. The van der Waals surface area contributed by atoms with Gasteiger partial charge in [0.15, 0.2) is 0 Å². The second-order valence-corrected chi connectivity index (χ2v) is 6.08. The highest BCUT2D eigenvalue weighted by atomic mass is 19.4. The predicted molar refractivity (Wildman–Crippen MR) is 95.8 cm³/mol. The first-order valence-electron chi connectivity index (χ1n) is 8.24. The number of benzene rings is 2. The number of anilines is 1. The van der Waals surface area contributed by atoms with Gasteiger partial charge in [0, 0.05) is 13.6 Å². The fourth-order valence-corrected chi connectivity index (χ4v) is 2.53. The summed E-state index contributed by atoms with van der Waals surface area (Å²) in [5.74, 6) is 0.859. The van der Waals surface area contributed by atoms with Gasteiger partial charge in [-0.05, 0) is 36.4 Å². The number of para-hydroxylation sites is 2. The Balaban J connectivity index is 1.55. The topological polar surface area (TPSA) is 58.5 Å². The van der Waals surface area contributed by atoms with Crippen molar-refractivity contribution in [2.24, 2.45) is 0 Å². The zero-order chi connectivity index (χ0) is 19.4. The molecule has 2 aromatic carbocycles. The monoisotopic (exact) mass is 377 g/mol. The molecule has 5 nitrogen and oxygen atoms in total. The van der Waals surface area contributed by atoms with Crippen LogP contribution in [-0.4, -0.2) is 41.4 Å². The van der Waals surface area contributed by atoms with Gasteiger partial charge in [0.2, 0.25) is 0 Å². The summed E-state index contributed by atoms with van der Waals surface area (Å²) in [4.78, 5) is 10.5. The average Bonchev–Trinajstić information content (AvgIpc) is 2.65. The van der Waals surface area contributed by atoms with Crippen LogP contribution in [0.5, 0.6) is 5.75 Å². The molecule has 0 saturated carbocycles. The fourth-order valence-electron chi connectivity index (χ4n) is 2.53. The van der Waals surface area contributed by atoms with Crippen LogP contribution < -0.4 is 9.64 Å². The van der Waals surface area contributed by atoms with E-state index in [-0.39, 0.29) is 18.9 Å². The van der Waals surface area contributed by atoms with Crippen LogP contribution in [0.1, 0.15) is 5.56 Å². The molecule has 0 bridgehead atoms. The number of hydrogen-bond acceptors (Lipinski definition) is 5. The van der Waals surface area contributed by atoms with E-state index in [1.807, 2.05) is 24.3 Å². The van der Waals surface area contributed by atoms with Gasteiger partial charge in [-0.1, -0.05) is 12.1 Å². The summed E-state index contributed by atoms with van der Waals surface area (Å²) in [6, 6.07) is 11.8. The number of aliphatic hydroxyl groups is 1. The highest BCUT2D eigenvalue weighted by molar-refractivity contribution is 5.75. The average molecular weight is 377 g/mol. The fraction of sp³-hybridized carbons (Fsp3) is 0.263. The number of hydrogen-bond donors (Lipinski definition) is 1. The summed E-state index contributed by atoms with van der Waals surface area (Å²) in [6.07, 6.45) is -3.63. The second kappa shape index (κ2) is 7.79. The summed E-state index contributed by atoms with van der Waals surface area (Å²) in [7, 11) is 1.76. The van der Waals surface area contributed by atoms with Gasteiger partial charge < -0.3 is 14.7 Å². The van der Waals surface area contributed by atoms with E-state index in [1.54, 1.807) is 18.1 Å². The zero-order valence-electron chi connectivity index (χ0n) is 14.5. The number of aliphatic hydroxyl groups excluding tert-OH is 1. The summed E-state index contributed by atoms with van der Waals surface area (Å²) in [6.45, 7) is 0.171. The van der Waals surface area contributed by atoms with Crippen LogP contribution in [0.4, 0.5) is 19.0 Å². The van der Waals surface area contributed by atoms with Crippen molar-refractivity contribution in [3.8, 4) is 5.75 Å². The van der Waals surface area contributed by atoms with E-state index in [2.05, 4.69) is 9.97 Å². The molecule has 0 amide bonds. The summed E-state index contributed by atoms with van der Waals surface area (Å²) in [5.41, 5.74) is 0.781. The van der Waals surface area contributed by atoms with Gasteiger partial charge in [-0.2, -0.15) is 13.2 Å². The van der Waals surface area contributed by atoms with E-state index in [0.717, 1.165) is 23.2 Å². The molecule has 0 fully saturated rings. The molecular formula is C19H18F3N3O2. The third-order valence-electron chi connectivity index (χ3n) is 3.94. The van der Waals surface area contributed by atoms with Gasteiger partial charge in [0.25, 0.3) is 0 Å². The van der Waals surface area contributed by atoms with Crippen LogP contribution >= 0.6 is 0 Å². The largest absolute Gasteiger partial charge is 0.491 e. The summed E-state index contributed by atoms with van der Waals surface area (Å²) < 4.78 is 43.0. The van der Waals surface area contributed by atoms with Crippen LogP contribution in [-0.2, 0) is 6.18 Å². The van der Waals surface area contributed by atoms with E-state index < -0.39 is 17.8 Å². The van der Waals surface area contributed by atoms with Crippen LogP contribution in [0, 0.1) is 0 Å². The first-order chi connectivity index (χ1) is 12.8. The van der Waals surface area contributed by atoms with Crippen LogP contribution in [0.15, 0.2) is 54.7 Å². The zero-order valence-corrected chi connectivity index (χ0v) is 14.5. The van der Waals surface area contributed by atoms with Gasteiger partial charge >= 0.3 is 6.18 Å². The number of alkyl halides is 3. The number of likely N-dealkylation sites (N-methyl/N-ethyl adjacent to an activating group) is 1. The van der Waals surface area contributed by atoms with Crippen molar-refractivity contribution in [1.82, 2.24) is 9.97 Å². The van der Waals surface area contributed by atoms with Gasteiger partial charge in [0.1, 0.15) is 24.3 Å². The molecule has 3 rings (SSSR count).